The van der Waals surface area contributed by atoms with Gasteiger partial charge in [-0.25, -0.2) is 0 Å². The van der Waals surface area contributed by atoms with E-state index in [1.807, 2.05) is 20.9 Å². The number of nitrogens with one attached hydrogen (secondary N) is 2. The molecule has 0 saturated carbocycles. The van der Waals surface area contributed by atoms with E-state index in [-0.39, 0.29) is 11.9 Å². The van der Waals surface area contributed by atoms with Crippen molar-refractivity contribution >= 4 is 29.1 Å². The van der Waals surface area contributed by atoms with Crippen molar-refractivity contribution in [1.29, 1.82) is 0 Å². The Labute approximate surface area is 155 Å². The lowest BCUT2D eigenvalue weighted by Crippen LogP contribution is -2.27. The Bertz CT molecular complexity index is 931. The lowest BCUT2D eigenvalue weighted by molar-refractivity contribution is 0.0934. The van der Waals surface area contributed by atoms with Crippen LogP contribution in [0.4, 0.5) is 0 Å². The van der Waals surface area contributed by atoms with Crippen LogP contribution in [0.25, 0.3) is 11.3 Å². The maximum atomic E-state index is 12.5. The van der Waals surface area contributed by atoms with Gasteiger partial charge in [0.15, 0.2) is 0 Å². The molecule has 2 aromatic heterocycles. The fourth-order valence-electron chi connectivity index (χ4n) is 2.57. The van der Waals surface area contributed by atoms with Crippen molar-refractivity contribution in [3.63, 3.8) is 0 Å². The van der Waals surface area contributed by atoms with Crippen LogP contribution in [0.3, 0.4) is 0 Å². The zero-order chi connectivity index (χ0) is 18.1. The second-order valence-corrected chi connectivity index (χ2v) is 6.64. The molecule has 1 amide bonds. The van der Waals surface area contributed by atoms with Gasteiger partial charge in [-0.05, 0) is 38.1 Å². The molecule has 3 aromatic rings. The van der Waals surface area contributed by atoms with Crippen LogP contribution < -0.4 is 5.32 Å². The summed E-state index contributed by atoms with van der Waals surface area (Å²) in [7, 11) is 1.87. The van der Waals surface area contributed by atoms with E-state index in [2.05, 4.69) is 20.6 Å². The molecule has 1 aromatic carbocycles. The molecule has 8 heteroatoms. The first kappa shape index (κ1) is 17.5. The normalized spacial score (nSPS) is 12.2. The molecule has 0 fully saturated rings. The van der Waals surface area contributed by atoms with Crippen molar-refractivity contribution in [1.82, 2.24) is 25.3 Å². The van der Waals surface area contributed by atoms with E-state index in [0.717, 1.165) is 11.3 Å². The number of carbonyl (C=O) groups excluding carboxylic acids is 1. The van der Waals surface area contributed by atoms with Crippen LogP contribution in [0.1, 0.15) is 34.7 Å². The Kier molecular flexibility index (Phi) is 4.83. The van der Waals surface area contributed by atoms with E-state index < -0.39 is 0 Å². The second kappa shape index (κ2) is 6.90. The van der Waals surface area contributed by atoms with Gasteiger partial charge in [-0.3, -0.25) is 14.6 Å². The largest absolute Gasteiger partial charge is 0.344 e. The number of carbonyl (C=O) groups is 1. The molecule has 2 N–H and O–H groups in total. The second-order valence-electron chi connectivity index (χ2n) is 5.80. The highest BCUT2D eigenvalue weighted by atomic mass is 35.5. The summed E-state index contributed by atoms with van der Waals surface area (Å²) in [4.78, 5) is 12.5. The van der Waals surface area contributed by atoms with Crippen LogP contribution in [0.2, 0.25) is 10.0 Å². The van der Waals surface area contributed by atoms with Crippen LogP contribution in [-0.4, -0.2) is 25.9 Å². The standard InChI is InChI=1S/C17H17Cl2N5O/c1-9(13-8-20-24(3)10(13)2)21-17(25)16-7-15(22-23-16)12-5-4-11(18)6-14(12)19/h4-9H,1-3H3,(H,21,25)(H,22,23). The van der Waals surface area contributed by atoms with E-state index >= 15 is 0 Å². The summed E-state index contributed by atoms with van der Waals surface area (Å²) in [5.74, 6) is -0.250. The molecule has 1 atom stereocenters. The number of amides is 1. The highest BCUT2D eigenvalue weighted by molar-refractivity contribution is 6.36. The monoisotopic (exact) mass is 377 g/mol. The predicted octanol–water partition coefficient (Wildman–Crippen LogP) is 3.92. The third kappa shape index (κ3) is 3.55. The number of nitrogens with zero attached hydrogens (tertiary/aromatic N) is 3. The number of benzene rings is 1. The van der Waals surface area contributed by atoms with Gasteiger partial charge in [0.25, 0.3) is 5.91 Å². The van der Waals surface area contributed by atoms with Gasteiger partial charge < -0.3 is 5.32 Å². The maximum absolute atomic E-state index is 12.5. The van der Waals surface area contributed by atoms with Crippen LogP contribution >= 0.6 is 23.2 Å². The van der Waals surface area contributed by atoms with E-state index in [1.54, 1.807) is 35.1 Å². The third-order valence-corrected chi connectivity index (χ3v) is 4.66. The summed E-state index contributed by atoms with van der Waals surface area (Å²) < 4.78 is 1.77. The molecule has 0 saturated heterocycles. The number of halogens is 2. The molecule has 0 aliphatic rings. The number of H-pyrrole nitrogens is 1. The summed E-state index contributed by atoms with van der Waals surface area (Å²) >= 11 is 12.1. The number of aromatic amines is 1. The minimum Gasteiger partial charge on any atom is -0.344 e. The molecule has 6 nitrogen and oxygen atoms in total. The van der Waals surface area contributed by atoms with Gasteiger partial charge in [0, 0.05) is 28.9 Å². The van der Waals surface area contributed by atoms with Crippen molar-refractivity contribution < 1.29 is 4.79 Å². The average molecular weight is 378 g/mol. The summed E-state index contributed by atoms with van der Waals surface area (Å²) in [5, 5.41) is 15.1. The Morgan fingerprint density at radius 1 is 1.32 bits per heavy atom. The first-order valence-electron chi connectivity index (χ1n) is 7.67. The van der Waals surface area contributed by atoms with Gasteiger partial charge in [0.2, 0.25) is 0 Å². The lowest BCUT2D eigenvalue weighted by atomic mass is 10.1. The zero-order valence-corrected chi connectivity index (χ0v) is 15.5. The number of hydrogen-bond acceptors (Lipinski definition) is 3. The van der Waals surface area contributed by atoms with Crippen LogP contribution in [-0.2, 0) is 7.05 Å². The van der Waals surface area contributed by atoms with Gasteiger partial charge in [0.05, 0.1) is 23.0 Å². The molecule has 0 aliphatic heterocycles. The SMILES string of the molecule is Cc1c(C(C)NC(=O)c2cc(-c3ccc(Cl)cc3Cl)n[nH]2)cnn1C. The molecule has 0 radical (unpaired) electrons. The number of aryl methyl sites for hydroxylation is 1. The molecule has 0 bridgehead atoms. The number of hydrogen-bond donors (Lipinski definition) is 2. The predicted molar refractivity (Wildman–Crippen MR) is 97.9 cm³/mol. The fourth-order valence-corrected chi connectivity index (χ4v) is 3.07. The molecule has 0 spiro atoms. The van der Waals surface area contributed by atoms with Gasteiger partial charge in [-0.2, -0.15) is 10.2 Å². The number of aromatic nitrogens is 4. The van der Waals surface area contributed by atoms with Crippen molar-refractivity contribution in [2.75, 3.05) is 0 Å². The third-order valence-electron chi connectivity index (χ3n) is 4.12. The lowest BCUT2D eigenvalue weighted by Gasteiger charge is -2.12. The number of rotatable bonds is 4. The van der Waals surface area contributed by atoms with Crippen molar-refractivity contribution in [2.45, 2.75) is 19.9 Å². The highest BCUT2D eigenvalue weighted by Crippen LogP contribution is 2.29. The van der Waals surface area contributed by atoms with Crippen LogP contribution in [0.15, 0.2) is 30.5 Å². The smallest absolute Gasteiger partial charge is 0.269 e. The molecule has 3 rings (SSSR count). The maximum Gasteiger partial charge on any atom is 0.269 e. The van der Waals surface area contributed by atoms with E-state index in [4.69, 9.17) is 23.2 Å². The topological polar surface area (TPSA) is 75.6 Å². The van der Waals surface area contributed by atoms with Crippen molar-refractivity contribution in [3.8, 4) is 11.3 Å². The Hall–Kier alpha value is -2.31. The summed E-state index contributed by atoms with van der Waals surface area (Å²) in [6, 6.07) is 6.62. The van der Waals surface area contributed by atoms with Gasteiger partial charge in [-0.1, -0.05) is 23.2 Å². The van der Waals surface area contributed by atoms with E-state index in [1.165, 1.54) is 0 Å². The molecule has 25 heavy (non-hydrogen) atoms. The molecular weight excluding hydrogens is 361 g/mol. The Morgan fingerprint density at radius 2 is 2.08 bits per heavy atom. The Balaban J connectivity index is 1.77. The molecule has 130 valence electrons. The highest BCUT2D eigenvalue weighted by Gasteiger charge is 2.18. The van der Waals surface area contributed by atoms with Gasteiger partial charge in [0.1, 0.15) is 5.69 Å². The van der Waals surface area contributed by atoms with E-state index in [0.29, 0.717) is 27.0 Å². The summed E-state index contributed by atoms with van der Waals surface area (Å²) in [6.07, 6.45) is 1.76. The molecule has 0 aliphatic carbocycles. The zero-order valence-electron chi connectivity index (χ0n) is 14.0. The fraction of sp³-hybridized carbons (Fsp3) is 0.235. The molecule has 2 heterocycles. The minimum atomic E-state index is -0.250. The van der Waals surface area contributed by atoms with E-state index in [9.17, 15) is 4.79 Å². The first-order valence-corrected chi connectivity index (χ1v) is 8.42. The summed E-state index contributed by atoms with van der Waals surface area (Å²) in [5.41, 5.74) is 3.62. The van der Waals surface area contributed by atoms with Gasteiger partial charge in [-0.15, -0.1) is 0 Å². The molecule has 1 unspecified atom stereocenters. The van der Waals surface area contributed by atoms with Crippen molar-refractivity contribution in [2.24, 2.45) is 7.05 Å². The Morgan fingerprint density at radius 3 is 2.72 bits per heavy atom. The quantitative estimate of drug-likeness (QED) is 0.723. The van der Waals surface area contributed by atoms with Crippen LogP contribution in [0.5, 0.6) is 0 Å². The minimum absolute atomic E-state index is 0.174. The average Bonchev–Trinajstić information content (AvgIpc) is 3.16. The first-order chi connectivity index (χ1) is 11.9. The molecular formula is C17H17Cl2N5O. The summed E-state index contributed by atoms with van der Waals surface area (Å²) in [6.45, 7) is 3.87. The van der Waals surface area contributed by atoms with Crippen molar-refractivity contribution in [3.05, 3.63) is 57.5 Å². The van der Waals surface area contributed by atoms with Gasteiger partial charge >= 0.3 is 0 Å². The van der Waals surface area contributed by atoms with Crippen LogP contribution in [0, 0.1) is 6.92 Å².